The largest absolute Gasteiger partial charge is 0.375 e. The monoisotopic (exact) mass is 228 g/mol. The highest BCUT2D eigenvalue weighted by atomic mass is 16.5. The number of ether oxygens (including phenoxy) is 1. The van der Waals surface area contributed by atoms with Gasteiger partial charge in [0.2, 0.25) is 5.96 Å². The molecule has 3 N–H and O–H groups in total. The van der Waals surface area contributed by atoms with Gasteiger partial charge in [-0.25, -0.2) is 5.84 Å². The number of nitrogens with one attached hydrogen (secondary N) is 1. The van der Waals surface area contributed by atoms with E-state index < -0.39 is 0 Å². The van der Waals surface area contributed by atoms with Crippen molar-refractivity contribution in [1.82, 2.24) is 10.3 Å². The van der Waals surface area contributed by atoms with E-state index in [1.807, 2.05) is 0 Å². The zero-order valence-corrected chi connectivity index (χ0v) is 10.4. The lowest BCUT2D eigenvalue weighted by Gasteiger charge is -2.34. The summed E-state index contributed by atoms with van der Waals surface area (Å²) in [5.41, 5.74) is 2.70. The highest BCUT2D eigenvalue weighted by Crippen LogP contribution is 2.08. The Kier molecular flexibility index (Phi) is 6.18. The van der Waals surface area contributed by atoms with E-state index in [4.69, 9.17) is 10.6 Å². The maximum absolute atomic E-state index is 5.61. The Bertz CT molecular complexity index is 220. The van der Waals surface area contributed by atoms with Gasteiger partial charge in [-0.1, -0.05) is 20.3 Å². The number of guanidine groups is 1. The van der Waals surface area contributed by atoms with E-state index in [9.17, 15) is 0 Å². The van der Waals surface area contributed by atoms with Gasteiger partial charge >= 0.3 is 0 Å². The van der Waals surface area contributed by atoms with Crippen LogP contribution in [0.25, 0.3) is 0 Å². The maximum atomic E-state index is 5.61. The summed E-state index contributed by atoms with van der Waals surface area (Å²) in [6, 6.07) is 0. The minimum absolute atomic E-state index is 0.304. The molecule has 0 aromatic rings. The van der Waals surface area contributed by atoms with E-state index in [1.165, 1.54) is 0 Å². The fraction of sp³-hybridized carbons (Fsp3) is 0.909. The third-order valence-corrected chi connectivity index (χ3v) is 2.80. The van der Waals surface area contributed by atoms with Crippen LogP contribution < -0.4 is 11.3 Å². The Labute approximate surface area is 98.0 Å². The molecule has 1 unspecified atom stereocenters. The van der Waals surface area contributed by atoms with Gasteiger partial charge in [0.1, 0.15) is 0 Å². The molecule has 0 aromatic carbocycles. The van der Waals surface area contributed by atoms with E-state index in [2.05, 4.69) is 29.2 Å². The van der Waals surface area contributed by atoms with Crippen LogP contribution in [0.15, 0.2) is 4.99 Å². The molecule has 0 radical (unpaired) electrons. The number of nitrogens with two attached hydrogens (primary N) is 1. The van der Waals surface area contributed by atoms with Crippen molar-refractivity contribution >= 4 is 5.96 Å². The SMILES string of the molecule is CCCCN=C(NN)N1CCOC(CC)C1. The van der Waals surface area contributed by atoms with Crippen LogP contribution in [0.3, 0.4) is 0 Å². The van der Waals surface area contributed by atoms with E-state index >= 15 is 0 Å². The summed E-state index contributed by atoms with van der Waals surface area (Å²) in [6.07, 6.45) is 3.59. The molecule has 16 heavy (non-hydrogen) atoms. The first kappa shape index (κ1) is 13.3. The summed E-state index contributed by atoms with van der Waals surface area (Å²) in [4.78, 5) is 6.65. The Morgan fingerprint density at radius 1 is 1.56 bits per heavy atom. The molecule has 0 spiro atoms. The smallest absolute Gasteiger partial charge is 0.208 e. The van der Waals surface area contributed by atoms with Crippen molar-refractivity contribution in [1.29, 1.82) is 0 Å². The third kappa shape index (κ3) is 3.98. The highest BCUT2D eigenvalue weighted by Gasteiger charge is 2.20. The maximum Gasteiger partial charge on any atom is 0.208 e. The number of nitrogens with zero attached hydrogens (tertiary/aromatic N) is 2. The zero-order chi connectivity index (χ0) is 11.8. The van der Waals surface area contributed by atoms with Crippen molar-refractivity contribution in [2.75, 3.05) is 26.2 Å². The average Bonchev–Trinajstić information content (AvgIpc) is 2.35. The lowest BCUT2D eigenvalue weighted by atomic mass is 10.2. The molecule has 1 aliphatic rings. The van der Waals surface area contributed by atoms with Crippen LogP contribution in [-0.2, 0) is 4.74 Å². The molecule has 0 aromatic heterocycles. The molecule has 5 heteroatoms. The quantitative estimate of drug-likeness (QED) is 0.245. The second-order valence-corrected chi connectivity index (χ2v) is 4.05. The van der Waals surface area contributed by atoms with Crippen LogP contribution in [-0.4, -0.2) is 43.2 Å². The first-order valence-electron chi connectivity index (χ1n) is 6.19. The average molecular weight is 228 g/mol. The summed E-state index contributed by atoms with van der Waals surface area (Å²) in [5, 5.41) is 0. The minimum atomic E-state index is 0.304. The molecule has 1 aliphatic heterocycles. The normalized spacial score (nSPS) is 22.3. The van der Waals surface area contributed by atoms with Gasteiger partial charge in [0, 0.05) is 19.6 Å². The van der Waals surface area contributed by atoms with Crippen molar-refractivity contribution < 1.29 is 4.74 Å². The van der Waals surface area contributed by atoms with E-state index in [0.717, 1.165) is 51.5 Å². The van der Waals surface area contributed by atoms with Gasteiger partial charge in [-0.05, 0) is 12.8 Å². The first-order chi connectivity index (χ1) is 7.81. The van der Waals surface area contributed by atoms with Gasteiger partial charge in [0.15, 0.2) is 0 Å². The minimum Gasteiger partial charge on any atom is -0.375 e. The Hall–Kier alpha value is -0.810. The number of aliphatic imine (C=N–C) groups is 1. The third-order valence-electron chi connectivity index (χ3n) is 2.80. The Balaban J connectivity index is 2.47. The van der Waals surface area contributed by atoms with E-state index in [1.54, 1.807) is 0 Å². The zero-order valence-electron chi connectivity index (χ0n) is 10.4. The van der Waals surface area contributed by atoms with Crippen LogP contribution in [0.4, 0.5) is 0 Å². The molecule has 0 bridgehead atoms. The molecule has 94 valence electrons. The van der Waals surface area contributed by atoms with Crippen molar-refractivity contribution in [3.8, 4) is 0 Å². The van der Waals surface area contributed by atoms with Crippen LogP contribution in [0.2, 0.25) is 0 Å². The molecule has 5 nitrogen and oxygen atoms in total. The summed E-state index contributed by atoms with van der Waals surface area (Å²) in [7, 11) is 0. The lowest BCUT2D eigenvalue weighted by molar-refractivity contribution is -0.00811. The Morgan fingerprint density at radius 3 is 3.00 bits per heavy atom. The molecule has 1 atom stereocenters. The molecule has 1 saturated heterocycles. The standard InChI is InChI=1S/C11H24N4O/c1-3-5-6-13-11(14-12)15-7-8-16-10(4-2)9-15/h10H,3-9,12H2,1-2H3,(H,13,14). The highest BCUT2D eigenvalue weighted by molar-refractivity contribution is 5.79. The predicted molar refractivity (Wildman–Crippen MR) is 66.1 cm³/mol. The van der Waals surface area contributed by atoms with Crippen molar-refractivity contribution in [2.45, 2.75) is 39.2 Å². The second-order valence-electron chi connectivity index (χ2n) is 4.05. The van der Waals surface area contributed by atoms with Gasteiger partial charge in [-0.2, -0.15) is 0 Å². The number of rotatable bonds is 4. The molecule has 0 saturated carbocycles. The van der Waals surface area contributed by atoms with Gasteiger partial charge in [-0.15, -0.1) is 0 Å². The van der Waals surface area contributed by atoms with Crippen molar-refractivity contribution in [3.05, 3.63) is 0 Å². The van der Waals surface area contributed by atoms with Crippen LogP contribution in [0.1, 0.15) is 33.1 Å². The Morgan fingerprint density at radius 2 is 2.38 bits per heavy atom. The van der Waals surface area contributed by atoms with Gasteiger partial charge in [0.05, 0.1) is 12.7 Å². The molecule has 0 aliphatic carbocycles. The molecule has 0 amide bonds. The summed E-state index contributed by atoms with van der Waals surface area (Å²) < 4.78 is 5.61. The summed E-state index contributed by atoms with van der Waals surface area (Å²) in [6.45, 7) is 7.64. The number of unbranched alkanes of at least 4 members (excludes halogenated alkanes) is 1. The fourth-order valence-corrected chi connectivity index (χ4v) is 1.74. The number of hydrogen-bond donors (Lipinski definition) is 2. The van der Waals surface area contributed by atoms with Crippen LogP contribution in [0.5, 0.6) is 0 Å². The van der Waals surface area contributed by atoms with Crippen LogP contribution >= 0.6 is 0 Å². The van der Waals surface area contributed by atoms with E-state index in [0.29, 0.717) is 6.10 Å². The van der Waals surface area contributed by atoms with Crippen molar-refractivity contribution in [2.24, 2.45) is 10.8 Å². The van der Waals surface area contributed by atoms with E-state index in [-0.39, 0.29) is 0 Å². The fourth-order valence-electron chi connectivity index (χ4n) is 1.74. The number of morpholine rings is 1. The predicted octanol–water partition coefficient (Wildman–Crippen LogP) is 0.717. The van der Waals surface area contributed by atoms with Gasteiger partial charge in [0.25, 0.3) is 0 Å². The van der Waals surface area contributed by atoms with Crippen LogP contribution in [0, 0.1) is 0 Å². The second kappa shape index (κ2) is 7.46. The summed E-state index contributed by atoms with van der Waals surface area (Å²) >= 11 is 0. The summed E-state index contributed by atoms with van der Waals surface area (Å²) in [5.74, 6) is 6.31. The molecular formula is C11H24N4O. The van der Waals surface area contributed by atoms with Gasteiger partial charge in [-0.3, -0.25) is 10.4 Å². The van der Waals surface area contributed by atoms with Crippen molar-refractivity contribution in [3.63, 3.8) is 0 Å². The number of hydrogen-bond acceptors (Lipinski definition) is 3. The molecular weight excluding hydrogens is 204 g/mol. The number of hydrazine groups is 1. The lowest BCUT2D eigenvalue weighted by Crippen LogP contribution is -2.52. The topological polar surface area (TPSA) is 62.9 Å². The van der Waals surface area contributed by atoms with Gasteiger partial charge < -0.3 is 9.64 Å². The molecule has 1 heterocycles. The molecule has 1 rings (SSSR count). The molecule has 1 fully saturated rings. The first-order valence-corrected chi connectivity index (χ1v) is 6.19.